The summed E-state index contributed by atoms with van der Waals surface area (Å²) in [5, 5.41) is 2.80. The van der Waals surface area contributed by atoms with Crippen LogP contribution >= 0.6 is 0 Å². The van der Waals surface area contributed by atoms with Crippen LogP contribution in [0.25, 0.3) is 5.82 Å². The lowest BCUT2D eigenvalue weighted by atomic mass is 10.1. The molecule has 6 nitrogen and oxygen atoms in total. The van der Waals surface area contributed by atoms with Crippen molar-refractivity contribution in [1.82, 2.24) is 19.5 Å². The van der Waals surface area contributed by atoms with Crippen molar-refractivity contribution >= 4 is 11.7 Å². The number of aromatic nitrogens is 4. The molecule has 2 heterocycles. The van der Waals surface area contributed by atoms with Gasteiger partial charge < -0.3 is 5.32 Å². The molecule has 2 aromatic heterocycles. The van der Waals surface area contributed by atoms with Gasteiger partial charge in [0.25, 0.3) is 0 Å². The van der Waals surface area contributed by atoms with Crippen molar-refractivity contribution in [2.24, 2.45) is 0 Å². The van der Waals surface area contributed by atoms with Gasteiger partial charge >= 0.3 is 0 Å². The van der Waals surface area contributed by atoms with Crippen molar-refractivity contribution in [3.63, 3.8) is 0 Å². The molecule has 22 heavy (non-hydrogen) atoms. The first-order chi connectivity index (χ1) is 10.7. The molecule has 3 aromatic rings. The van der Waals surface area contributed by atoms with Crippen LogP contribution in [0.3, 0.4) is 0 Å². The lowest BCUT2D eigenvalue weighted by Gasteiger charge is -2.08. The summed E-state index contributed by atoms with van der Waals surface area (Å²) in [7, 11) is 0. The summed E-state index contributed by atoms with van der Waals surface area (Å²) < 4.78 is 1.75. The fraction of sp³-hybridized carbons (Fsp3) is 0.125. The quantitative estimate of drug-likeness (QED) is 0.800. The number of nitrogens with one attached hydrogen (secondary N) is 1. The Morgan fingerprint density at radius 3 is 2.91 bits per heavy atom. The van der Waals surface area contributed by atoms with E-state index < -0.39 is 0 Å². The summed E-state index contributed by atoms with van der Waals surface area (Å²) in [5.41, 5.74) is 2.10. The molecule has 110 valence electrons. The maximum Gasteiger partial charge on any atom is 0.229 e. The molecule has 0 spiro atoms. The number of nitrogens with zero attached hydrogens (tertiary/aromatic N) is 4. The third-order valence-electron chi connectivity index (χ3n) is 3.30. The van der Waals surface area contributed by atoms with Gasteiger partial charge in [-0.25, -0.2) is 15.0 Å². The fourth-order valence-electron chi connectivity index (χ4n) is 2.12. The lowest BCUT2D eigenvalue weighted by molar-refractivity contribution is -0.115. The van der Waals surface area contributed by atoms with Gasteiger partial charge in [-0.15, -0.1) is 0 Å². The van der Waals surface area contributed by atoms with Crippen molar-refractivity contribution in [3.8, 4) is 5.82 Å². The topological polar surface area (TPSA) is 72.7 Å². The molecule has 0 unspecified atom stereocenters. The van der Waals surface area contributed by atoms with E-state index in [1.165, 1.54) is 6.33 Å². The van der Waals surface area contributed by atoms with Gasteiger partial charge in [-0.3, -0.25) is 9.36 Å². The number of carbonyl (C=O) groups excluding carboxylic acids is 1. The Labute approximate surface area is 127 Å². The highest BCUT2D eigenvalue weighted by Crippen LogP contribution is 2.11. The molecular formula is C16H15N5O. The van der Waals surface area contributed by atoms with E-state index in [-0.39, 0.29) is 5.91 Å². The van der Waals surface area contributed by atoms with Crippen molar-refractivity contribution in [2.75, 3.05) is 5.32 Å². The van der Waals surface area contributed by atoms with E-state index in [1.807, 2.05) is 31.2 Å². The van der Waals surface area contributed by atoms with Gasteiger partial charge in [0.2, 0.25) is 5.91 Å². The molecule has 6 heteroatoms. The molecule has 1 N–H and O–H groups in total. The van der Waals surface area contributed by atoms with Crippen molar-refractivity contribution in [3.05, 3.63) is 66.5 Å². The zero-order valence-corrected chi connectivity index (χ0v) is 12.1. The molecule has 0 aliphatic rings. The summed E-state index contributed by atoms with van der Waals surface area (Å²) in [4.78, 5) is 24.3. The van der Waals surface area contributed by atoms with Gasteiger partial charge in [0.05, 0.1) is 6.42 Å². The van der Waals surface area contributed by atoms with Gasteiger partial charge in [0.1, 0.15) is 24.3 Å². The number of carbonyl (C=O) groups is 1. The number of hydrogen-bond acceptors (Lipinski definition) is 4. The molecule has 0 aliphatic heterocycles. The third-order valence-corrected chi connectivity index (χ3v) is 3.30. The highest BCUT2D eigenvalue weighted by atomic mass is 16.1. The smallest absolute Gasteiger partial charge is 0.229 e. The Kier molecular flexibility index (Phi) is 3.91. The average Bonchev–Trinajstić information content (AvgIpc) is 3.04. The minimum Gasteiger partial charge on any atom is -0.310 e. The van der Waals surface area contributed by atoms with E-state index in [0.29, 0.717) is 18.1 Å². The van der Waals surface area contributed by atoms with Crippen molar-refractivity contribution in [2.45, 2.75) is 13.3 Å². The van der Waals surface area contributed by atoms with Crippen LogP contribution in [0.4, 0.5) is 5.82 Å². The SMILES string of the molecule is Cc1ccccc1CC(=O)Nc1cc(-n2ccnc2)ncn1. The lowest BCUT2D eigenvalue weighted by Crippen LogP contribution is -2.16. The molecule has 0 atom stereocenters. The molecule has 1 aromatic carbocycles. The normalized spacial score (nSPS) is 10.4. The van der Waals surface area contributed by atoms with Crippen LogP contribution in [-0.2, 0) is 11.2 Å². The second-order valence-corrected chi connectivity index (χ2v) is 4.88. The maximum absolute atomic E-state index is 12.1. The Morgan fingerprint density at radius 1 is 1.27 bits per heavy atom. The van der Waals surface area contributed by atoms with E-state index in [4.69, 9.17) is 0 Å². The monoisotopic (exact) mass is 293 g/mol. The van der Waals surface area contributed by atoms with Gasteiger partial charge in [-0.1, -0.05) is 24.3 Å². The molecule has 0 aliphatic carbocycles. The Hall–Kier alpha value is -3.02. The number of anilines is 1. The number of rotatable bonds is 4. The number of aryl methyl sites for hydroxylation is 1. The van der Waals surface area contributed by atoms with Crippen LogP contribution in [0.5, 0.6) is 0 Å². The van der Waals surface area contributed by atoms with E-state index in [2.05, 4.69) is 20.3 Å². The summed E-state index contributed by atoms with van der Waals surface area (Å²) in [6, 6.07) is 9.53. The first-order valence-electron chi connectivity index (χ1n) is 6.87. The second-order valence-electron chi connectivity index (χ2n) is 4.88. The fourth-order valence-corrected chi connectivity index (χ4v) is 2.12. The number of hydrogen-bond donors (Lipinski definition) is 1. The highest BCUT2D eigenvalue weighted by molar-refractivity contribution is 5.91. The molecule has 1 amide bonds. The summed E-state index contributed by atoms with van der Waals surface area (Å²) in [5.74, 6) is 1.01. The van der Waals surface area contributed by atoms with E-state index >= 15 is 0 Å². The molecule has 0 fully saturated rings. The Morgan fingerprint density at radius 2 is 2.14 bits per heavy atom. The van der Waals surface area contributed by atoms with Crippen molar-refractivity contribution in [1.29, 1.82) is 0 Å². The zero-order valence-electron chi connectivity index (χ0n) is 12.1. The minimum absolute atomic E-state index is 0.107. The van der Waals surface area contributed by atoms with Gasteiger partial charge in [-0.05, 0) is 18.1 Å². The number of benzene rings is 1. The molecule has 0 bridgehead atoms. The minimum atomic E-state index is -0.107. The van der Waals surface area contributed by atoms with Crippen LogP contribution in [0.15, 0.2) is 55.4 Å². The Balaban J connectivity index is 1.72. The largest absolute Gasteiger partial charge is 0.310 e. The van der Waals surface area contributed by atoms with E-state index in [9.17, 15) is 4.79 Å². The number of imidazole rings is 1. The van der Waals surface area contributed by atoms with Gasteiger partial charge in [-0.2, -0.15) is 0 Å². The predicted molar refractivity (Wildman–Crippen MR) is 82.7 cm³/mol. The third kappa shape index (κ3) is 3.17. The van der Waals surface area contributed by atoms with E-state index in [0.717, 1.165) is 11.1 Å². The number of amides is 1. The summed E-state index contributed by atoms with van der Waals surface area (Å²) >= 11 is 0. The predicted octanol–water partition coefficient (Wildman–Crippen LogP) is 2.15. The van der Waals surface area contributed by atoms with Crippen LogP contribution in [0.1, 0.15) is 11.1 Å². The van der Waals surface area contributed by atoms with Crippen LogP contribution in [0.2, 0.25) is 0 Å². The van der Waals surface area contributed by atoms with Crippen LogP contribution < -0.4 is 5.32 Å². The average molecular weight is 293 g/mol. The zero-order chi connectivity index (χ0) is 15.4. The first kappa shape index (κ1) is 13.9. The van der Waals surface area contributed by atoms with Crippen molar-refractivity contribution < 1.29 is 4.79 Å². The summed E-state index contributed by atoms with van der Waals surface area (Å²) in [6.45, 7) is 1.99. The van der Waals surface area contributed by atoms with E-state index in [1.54, 1.807) is 29.4 Å². The first-order valence-corrected chi connectivity index (χ1v) is 6.87. The second kappa shape index (κ2) is 6.17. The van der Waals surface area contributed by atoms with Crippen LogP contribution in [0, 0.1) is 6.92 Å². The van der Waals surface area contributed by atoms with Gasteiger partial charge in [0, 0.05) is 18.5 Å². The molecule has 0 radical (unpaired) electrons. The highest BCUT2D eigenvalue weighted by Gasteiger charge is 2.08. The standard InChI is InChI=1S/C16H15N5O/c1-12-4-2-3-5-13(12)8-16(22)20-14-9-15(19-10-18-14)21-7-6-17-11-21/h2-7,9-11H,8H2,1H3,(H,18,19,20,22). The van der Waals surface area contributed by atoms with Crippen LogP contribution in [-0.4, -0.2) is 25.4 Å². The summed E-state index contributed by atoms with van der Waals surface area (Å²) in [6.07, 6.45) is 6.82. The molecule has 3 rings (SSSR count). The molecule has 0 saturated heterocycles. The van der Waals surface area contributed by atoms with Gasteiger partial charge in [0.15, 0.2) is 0 Å². The molecular weight excluding hydrogens is 278 g/mol. The molecule has 0 saturated carbocycles. The maximum atomic E-state index is 12.1. The Bertz CT molecular complexity index is 783.